The summed E-state index contributed by atoms with van der Waals surface area (Å²) < 4.78 is 10.8. The van der Waals surface area contributed by atoms with Crippen molar-refractivity contribution in [2.45, 2.75) is 38.1 Å². The van der Waals surface area contributed by atoms with E-state index in [1.165, 1.54) is 12.7 Å². The minimum Gasteiger partial charge on any atom is -0.491 e. The minimum absolute atomic E-state index is 0. The molecule has 9 heteroatoms. The van der Waals surface area contributed by atoms with Crippen molar-refractivity contribution in [3.8, 4) is 5.75 Å². The molecule has 0 aliphatic carbocycles. The van der Waals surface area contributed by atoms with Gasteiger partial charge in [-0.25, -0.2) is 0 Å². The van der Waals surface area contributed by atoms with Crippen LogP contribution in [0.2, 0.25) is 0 Å². The predicted molar refractivity (Wildman–Crippen MR) is 139 cm³/mol. The molecule has 0 unspecified atom stereocenters. The molecule has 1 saturated heterocycles. The molecular weight excluding hydrogens is 468 g/mol. The molecular formula is C26H35ClN4O4. The van der Waals surface area contributed by atoms with Gasteiger partial charge in [0.05, 0.1) is 25.5 Å². The van der Waals surface area contributed by atoms with Gasteiger partial charge in [0.25, 0.3) is 0 Å². The molecule has 0 bridgehead atoms. The van der Waals surface area contributed by atoms with Crippen LogP contribution in [0.25, 0.3) is 0 Å². The first kappa shape index (κ1) is 28.0. The third kappa shape index (κ3) is 8.79. The number of hydrogen-bond acceptors (Lipinski definition) is 5. The Morgan fingerprint density at radius 3 is 2.40 bits per heavy atom. The van der Waals surface area contributed by atoms with Gasteiger partial charge in [0.2, 0.25) is 5.91 Å². The lowest BCUT2D eigenvalue weighted by atomic mass is 10.0. The monoisotopic (exact) mass is 502 g/mol. The summed E-state index contributed by atoms with van der Waals surface area (Å²) >= 11 is 0. The van der Waals surface area contributed by atoms with E-state index in [0.29, 0.717) is 26.1 Å². The summed E-state index contributed by atoms with van der Waals surface area (Å²) in [7, 11) is 1.35. The summed E-state index contributed by atoms with van der Waals surface area (Å²) in [5.74, 6) is 0.0990. The number of esters is 1. The summed E-state index contributed by atoms with van der Waals surface area (Å²) in [4.78, 5) is 30.7. The van der Waals surface area contributed by atoms with Gasteiger partial charge in [-0.3, -0.25) is 14.6 Å². The molecule has 0 aromatic heterocycles. The molecule has 35 heavy (non-hydrogen) atoms. The first-order valence-corrected chi connectivity index (χ1v) is 11.6. The molecule has 190 valence electrons. The summed E-state index contributed by atoms with van der Waals surface area (Å²) in [5, 5.41) is 0. The highest BCUT2D eigenvalue weighted by atomic mass is 35.5. The smallest absolute Gasteiger partial charge is 0.306 e. The third-order valence-corrected chi connectivity index (χ3v) is 6.04. The van der Waals surface area contributed by atoms with Crippen molar-refractivity contribution in [2.24, 2.45) is 22.4 Å². The van der Waals surface area contributed by atoms with E-state index in [4.69, 9.17) is 20.9 Å². The van der Waals surface area contributed by atoms with E-state index >= 15 is 0 Å². The number of methoxy groups -OCH3 is 1. The Kier molecular flexibility index (Phi) is 11.4. The van der Waals surface area contributed by atoms with Gasteiger partial charge in [-0.15, -0.1) is 12.4 Å². The molecule has 2 atom stereocenters. The second-order valence-corrected chi connectivity index (χ2v) is 8.50. The van der Waals surface area contributed by atoms with Crippen molar-refractivity contribution in [1.82, 2.24) is 4.90 Å². The molecule has 4 N–H and O–H groups in total. The van der Waals surface area contributed by atoms with Crippen LogP contribution < -0.4 is 16.2 Å². The third-order valence-electron chi connectivity index (χ3n) is 6.04. The predicted octanol–water partition coefficient (Wildman–Crippen LogP) is 2.72. The fourth-order valence-electron chi connectivity index (χ4n) is 4.23. The summed E-state index contributed by atoms with van der Waals surface area (Å²) in [5.41, 5.74) is 13.1. The summed E-state index contributed by atoms with van der Waals surface area (Å²) in [6.07, 6.45) is 3.16. The molecule has 2 aromatic carbocycles. The molecule has 2 aromatic rings. The number of ether oxygens (including phenoxy) is 2. The van der Waals surface area contributed by atoms with Crippen LogP contribution in [0.3, 0.4) is 0 Å². The van der Waals surface area contributed by atoms with Crippen molar-refractivity contribution in [3.05, 3.63) is 65.7 Å². The van der Waals surface area contributed by atoms with Gasteiger partial charge in [0.1, 0.15) is 12.4 Å². The van der Waals surface area contributed by atoms with Crippen LogP contribution in [-0.2, 0) is 27.2 Å². The number of amides is 1. The van der Waals surface area contributed by atoms with E-state index in [2.05, 4.69) is 17.1 Å². The van der Waals surface area contributed by atoms with Crippen LogP contribution in [-0.4, -0.2) is 55.6 Å². The lowest BCUT2D eigenvalue weighted by molar-refractivity contribution is -0.144. The zero-order chi connectivity index (χ0) is 24.3. The zero-order valence-corrected chi connectivity index (χ0v) is 20.9. The minimum atomic E-state index is -0.365. The molecule has 1 fully saturated rings. The van der Waals surface area contributed by atoms with Gasteiger partial charge in [0.15, 0.2) is 5.96 Å². The number of rotatable bonds is 12. The normalized spacial score (nSPS) is 16.9. The van der Waals surface area contributed by atoms with Crippen LogP contribution in [0.5, 0.6) is 5.75 Å². The standard InChI is InChI=1S/C26H34N4O4.ClH/c1-33-24(31)17-21-16-22(30(25(21)32)15-5-8-19-6-3-2-4-7-19)18-34-23-11-9-20(10-12-23)13-14-29-26(27)28;/h2-4,6-7,9-12,21-22H,5,8,13-18H2,1H3,(H4,27,28,29);1H/t21-,22-;/m0./s1. The molecule has 0 saturated carbocycles. The molecule has 1 aliphatic heterocycles. The number of aryl methyl sites for hydroxylation is 1. The van der Waals surface area contributed by atoms with Gasteiger partial charge >= 0.3 is 5.97 Å². The fourth-order valence-corrected chi connectivity index (χ4v) is 4.23. The Labute approximate surface area is 213 Å². The fraction of sp³-hybridized carbons (Fsp3) is 0.423. The van der Waals surface area contributed by atoms with Gasteiger partial charge in [-0.05, 0) is 48.9 Å². The van der Waals surface area contributed by atoms with Crippen molar-refractivity contribution in [2.75, 3.05) is 26.8 Å². The number of likely N-dealkylation sites (tertiary alicyclic amines) is 1. The van der Waals surface area contributed by atoms with Crippen LogP contribution in [0.1, 0.15) is 30.4 Å². The van der Waals surface area contributed by atoms with E-state index in [9.17, 15) is 9.59 Å². The first-order chi connectivity index (χ1) is 16.5. The van der Waals surface area contributed by atoms with E-state index in [0.717, 1.165) is 30.6 Å². The maximum Gasteiger partial charge on any atom is 0.306 e. The number of carbonyl (C=O) groups excluding carboxylic acids is 2. The molecule has 0 spiro atoms. The van der Waals surface area contributed by atoms with Crippen molar-refractivity contribution in [3.63, 3.8) is 0 Å². The number of benzene rings is 2. The number of aliphatic imine (C=N–C) groups is 1. The van der Waals surface area contributed by atoms with Crippen LogP contribution in [0, 0.1) is 5.92 Å². The maximum atomic E-state index is 13.0. The highest BCUT2D eigenvalue weighted by Crippen LogP contribution is 2.29. The van der Waals surface area contributed by atoms with Crippen molar-refractivity contribution in [1.29, 1.82) is 0 Å². The number of halogens is 1. The van der Waals surface area contributed by atoms with Gasteiger partial charge in [0, 0.05) is 13.1 Å². The summed E-state index contributed by atoms with van der Waals surface area (Å²) in [6.45, 7) is 1.54. The maximum absolute atomic E-state index is 13.0. The van der Waals surface area contributed by atoms with E-state index in [-0.39, 0.29) is 48.6 Å². The van der Waals surface area contributed by atoms with Crippen LogP contribution in [0.15, 0.2) is 59.6 Å². The quantitative estimate of drug-likeness (QED) is 0.261. The van der Waals surface area contributed by atoms with E-state index in [1.54, 1.807) is 0 Å². The largest absolute Gasteiger partial charge is 0.491 e. The highest BCUT2D eigenvalue weighted by molar-refractivity contribution is 5.86. The average Bonchev–Trinajstić information content (AvgIpc) is 3.13. The number of nitrogens with zero attached hydrogens (tertiary/aromatic N) is 2. The Hall–Kier alpha value is -3.26. The number of nitrogens with two attached hydrogens (primary N) is 2. The molecule has 8 nitrogen and oxygen atoms in total. The Morgan fingerprint density at radius 1 is 1.06 bits per heavy atom. The Bertz CT molecular complexity index is 965. The average molecular weight is 503 g/mol. The van der Waals surface area contributed by atoms with Crippen molar-refractivity contribution < 1.29 is 19.1 Å². The Morgan fingerprint density at radius 2 is 1.74 bits per heavy atom. The van der Waals surface area contributed by atoms with Gasteiger partial charge in [-0.1, -0.05) is 42.5 Å². The lowest BCUT2D eigenvalue weighted by Gasteiger charge is -2.25. The second kappa shape index (κ2) is 14.2. The molecule has 3 rings (SSSR count). The highest BCUT2D eigenvalue weighted by Gasteiger charge is 2.40. The lowest BCUT2D eigenvalue weighted by Crippen LogP contribution is -2.38. The summed E-state index contributed by atoms with van der Waals surface area (Å²) in [6, 6.07) is 17.9. The van der Waals surface area contributed by atoms with E-state index in [1.807, 2.05) is 47.4 Å². The molecule has 1 aliphatic rings. The molecule has 0 radical (unpaired) electrons. The van der Waals surface area contributed by atoms with E-state index < -0.39 is 0 Å². The topological polar surface area (TPSA) is 120 Å². The van der Waals surface area contributed by atoms with Crippen LogP contribution in [0.4, 0.5) is 0 Å². The van der Waals surface area contributed by atoms with Gasteiger partial charge in [-0.2, -0.15) is 0 Å². The zero-order valence-electron chi connectivity index (χ0n) is 20.1. The van der Waals surface area contributed by atoms with Crippen molar-refractivity contribution >= 4 is 30.2 Å². The Balaban J connectivity index is 0.00000432. The SMILES string of the molecule is COC(=O)C[C@@H]1C[C@@H](COc2ccc(CCN=C(N)N)cc2)N(CCCc2ccccc2)C1=O.Cl. The number of guanidine groups is 1. The second-order valence-electron chi connectivity index (χ2n) is 8.50. The first-order valence-electron chi connectivity index (χ1n) is 11.6. The van der Waals surface area contributed by atoms with Gasteiger partial charge < -0.3 is 25.8 Å². The number of carbonyl (C=O) groups is 2. The number of hydrogen-bond donors (Lipinski definition) is 2. The van der Waals surface area contributed by atoms with Crippen LogP contribution >= 0.6 is 12.4 Å². The molecule has 1 heterocycles. The molecule has 1 amide bonds.